The first-order chi connectivity index (χ1) is 9.75. The Morgan fingerprint density at radius 1 is 0.850 bits per heavy atom. The summed E-state index contributed by atoms with van der Waals surface area (Å²) in [6.07, 6.45) is 1.08. The molecule has 0 aliphatic heterocycles. The lowest BCUT2D eigenvalue weighted by molar-refractivity contribution is 0.400. The van der Waals surface area contributed by atoms with Crippen molar-refractivity contribution >= 4 is 0 Å². The summed E-state index contributed by atoms with van der Waals surface area (Å²) in [5, 5.41) is 3.55. The summed E-state index contributed by atoms with van der Waals surface area (Å²) < 4.78 is 0. The molecule has 0 saturated carbocycles. The second-order valence-corrected chi connectivity index (χ2v) is 5.42. The fraction of sp³-hybridized carbons (Fsp3) is 0.333. The standard InChI is InChI=1S/C18H24N2/c1-20(2)15-18-11-7-6-10-17(18)14-19-13-12-16-8-4-3-5-9-16/h3-11,19H,12-15H2,1-2H3. The van der Waals surface area contributed by atoms with Gasteiger partial charge in [0, 0.05) is 13.1 Å². The molecule has 0 saturated heterocycles. The molecule has 0 fully saturated rings. The number of benzene rings is 2. The molecule has 0 unspecified atom stereocenters. The van der Waals surface area contributed by atoms with E-state index in [1.54, 1.807) is 0 Å². The van der Waals surface area contributed by atoms with Crippen LogP contribution in [0.25, 0.3) is 0 Å². The molecule has 106 valence electrons. The van der Waals surface area contributed by atoms with Crippen molar-refractivity contribution in [3.63, 3.8) is 0 Å². The van der Waals surface area contributed by atoms with E-state index in [-0.39, 0.29) is 0 Å². The van der Waals surface area contributed by atoms with Crippen LogP contribution in [0.2, 0.25) is 0 Å². The van der Waals surface area contributed by atoms with Gasteiger partial charge in [-0.25, -0.2) is 0 Å². The lowest BCUT2D eigenvalue weighted by Gasteiger charge is -2.14. The first kappa shape index (κ1) is 14.8. The van der Waals surface area contributed by atoms with Gasteiger partial charge in [0.25, 0.3) is 0 Å². The lowest BCUT2D eigenvalue weighted by atomic mass is 10.1. The monoisotopic (exact) mass is 268 g/mol. The number of hydrogen-bond acceptors (Lipinski definition) is 2. The van der Waals surface area contributed by atoms with Crippen LogP contribution in [0.1, 0.15) is 16.7 Å². The molecule has 0 spiro atoms. The van der Waals surface area contributed by atoms with Crippen molar-refractivity contribution in [1.29, 1.82) is 0 Å². The van der Waals surface area contributed by atoms with Gasteiger partial charge in [-0.15, -0.1) is 0 Å². The predicted octanol–water partition coefficient (Wildman–Crippen LogP) is 3.08. The molecule has 0 heterocycles. The maximum Gasteiger partial charge on any atom is 0.0230 e. The number of nitrogens with zero attached hydrogens (tertiary/aromatic N) is 1. The van der Waals surface area contributed by atoms with E-state index in [2.05, 4.69) is 78.9 Å². The number of nitrogens with one attached hydrogen (secondary N) is 1. The van der Waals surface area contributed by atoms with Gasteiger partial charge in [0.15, 0.2) is 0 Å². The van der Waals surface area contributed by atoms with E-state index in [1.165, 1.54) is 16.7 Å². The topological polar surface area (TPSA) is 15.3 Å². The predicted molar refractivity (Wildman–Crippen MR) is 85.7 cm³/mol. The summed E-state index contributed by atoms with van der Waals surface area (Å²) in [6.45, 7) is 2.95. The van der Waals surface area contributed by atoms with Crippen molar-refractivity contribution in [3.8, 4) is 0 Å². The van der Waals surface area contributed by atoms with Gasteiger partial charge in [0.1, 0.15) is 0 Å². The Bertz CT molecular complexity index is 506. The lowest BCUT2D eigenvalue weighted by Crippen LogP contribution is -2.19. The normalized spacial score (nSPS) is 10.9. The Kier molecular flexibility index (Phi) is 5.78. The van der Waals surface area contributed by atoms with Crippen LogP contribution in [0.3, 0.4) is 0 Å². The molecule has 1 N–H and O–H groups in total. The summed E-state index contributed by atoms with van der Waals surface area (Å²) in [5.41, 5.74) is 4.19. The zero-order chi connectivity index (χ0) is 14.2. The number of hydrogen-bond donors (Lipinski definition) is 1. The molecule has 0 aromatic heterocycles. The third-order valence-electron chi connectivity index (χ3n) is 3.35. The van der Waals surface area contributed by atoms with Crippen LogP contribution in [0, 0.1) is 0 Å². The van der Waals surface area contributed by atoms with Gasteiger partial charge in [0.05, 0.1) is 0 Å². The fourth-order valence-corrected chi connectivity index (χ4v) is 2.33. The van der Waals surface area contributed by atoms with Gasteiger partial charge in [-0.3, -0.25) is 0 Å². The molecule has 2 heteroatoms. The van der Waals surface area contributed by atoms with Gasteiger partial charge >= 0.3 is 0 Å². The Morgan fingerprint density at radius 2 is 1.50 bits per heavy atom. The Balaban J connectivity index is 1.82. The minimum Gasteiger partial charge on any atom is -0.312 e. The van der Waals surface area contributed by atoms with Gasteiger partial charge in [-0.1, -0.05) is 54.6 Å². The third kappa shape index (κ3) is 4.80. The molecule has 2 aromatic rings. The molecule has 0 bridgehead atoms. The minimum absolute atomic E-state index is 0.941. The highest BCUT2D eigenvalue weighted by Crippen LogP contribution is 2.10. The van der Waals surface area contributed by atoms with Crippen LogP contribution in [-0.4, -0.2) is 25.5 Å². The molecule has 0 aliphatic rings. The zero-order valence-corrected chi connectivity index (χ0v) is 12.5. The van der Waals surface area contributed by atoms with Crippen LogP contribution in [0.5, 0.6) is 0 Å². The summed E-state index contributed by atoms with van der Waals surface area (Å²) >= 11 is 0. The molecule has 2 aromatic carbocycles. The van der Waals surface area contributed by atoms with Crippen LogP contribution in [0.15, 0.2) is 54.6 Å². The second-order valence-electron chi connectivity index (χ2n) is 5.42. The quantitative estimate of drug-likeness (QED) is 0.776. The summed E-state index contributed by atoms with van der Waals surface area (Å²) in [6, 6.07) is 19.3. The van der Waals surface area contributed by atoms with E-state index in [9.17, 15) is 0 Å². The second kappa shape index (κ2) is 7.83. The van der Waals surface area contributed by atoms with E-state index in [0.29, 0.717) is 0 Å². The molecule has 20 heavy (non-hydrogen) atoms. The smallest absolute Gasteiger partial charge is 0.0230 e. The molecule has 0 atom stereocenters. The highest BCUT2D eigenvalue weighted by atomic mass is 15.0. The van der Waals surface area contributed by atoms with Crippen LogP contribution < -0.4 is 5.32 Å². The van der Waals surface area contributed by atoms with E-state index in [0.717, 1.165) is 26.1 Å². The highest BCUT2D eigenvalue weighted by molar-refractivity contribution is 5.27. The Labute approximate surface area is 122 Å². The minimum atomic E-state index is 0.941. The maximum absolute atomic E-state index is 3.55. The van der Waals surface area contributed by atoms with Crippen molar-refractivity contribution < 1.29 is 0 Å². The van der Waals surface area contributed by atoms with Gasteiger partial charge < -0.3 is 10.2 Å². The fourth-order valence-electron chi connectivity index (χ4n) is 2.33. The molecular formula is C18H24N2. The molecule has 0 amide bonds. The first-order valence-corrected chi connectivity index (χ1v) is 7.22. The molecule has 2 rings (SSSR count). The maximum atomic E-state index is 3.55. The SMILES string of the molecule is CN(C)Cc1ccccc1CNCCc1ccccc1. The van der Waals surface area contributed by atoms with E-state index < -0.39 is 0 Å². The Hall–Kier alpha value is -1.64. The van der Waals surface area contributed by atoms with Gasteiger partial charge in [0.2, 0.25) is 0 Å². The van der Waals surface area contributed by atoms with E-state index >= 15 is 0 Å². The molecule has 0 aliphatic carbocycles. The van der Waals surface area contributed by atoms with Crippen molar-refractivity contribution in [1.82, 2.24) is 10.2 Å². The van der Waals surface area contributed by atoms with Gasteiger partial charge in [-0.2, -0.15) is 0 Å². The van der Waals surface area contributed by atoms with E-state index in [4.69, 9.17) is 0 Å². The van der Waals surface area contributed by atoms with Gasteiger partial charge in [-0.05, 0) is 43.8 Å². The summed E-state index contributed by atoms with van der Waals surface area (Å²) in [4.78, 5) is 2.21. The highest BCUT2D eigenvalue weighted by Gasteiger charge is 2.02. The van der Waals surface area contributed by atoms with Crippen molar-refractivity contribution in [2.45, 2.75) is 19.5 Å². The molecule has 0 radical (unpaired) electrons. The van der Waals surface area contributed by atoms with Crippen molar-refractivity contribution in [2.24, 2.45) is 0 Å². The average molecular weight is 268 g/mol. The molecular weight excluding hydrogens is 244 g/mol. The first-order valence-electron chi connectivity index (χ1n) is 7.22. The Morgan fingerprint density at radius 3 is 2.20 bits per heavy atom. The number of rotatable bonds is 7. The third-order valence-corrected chi connectivity index (χ3v) is 3.35. The summed E-state index contributed by atoms with van der Waals surface area (Å²) in [7, 11) is 4.22. The average Bonchev–Trinajstić information content (AvgIpc) is 2.46. The van der Waals surface area contributed by atoms with Crippen molar-refractivity contribution in [3.05, 3.63) is 71.3 Å². The van der Waals surface area contributed by atoms with E-state index in [1.807, 2.05) is 0 Å². The van der Waals surface area contributed by atoms with Crippen LogP contribution in [0.4, 0.5) is 0 Å². The summed E-state index contributed by atoms with van der Waals surface area (Å²) in [5.74, 6) is 0. The zero-order valence-electron chi connectivity index (χ0n) is 12.5. The van der Waals surface area contributed by atoms with Crippen LogP contribution in [-0.2, 0) is 19.5 Å². The largest absolute Gasteiger partial charge is 0.312 e. The van der Waals surface area contributed by atoms with Crippen LogP contribution >= 0.6 is 0 Å². The molecule has 2 nitrogen and oxygen atoms in total. The van der Waals surface area contributed by atoms with Crippen molar-refractivity contribution in [2.75, 3.05) is 20.6 Å².